The number of rotatable bonds is 5. The van der Waals surface area contributed by atoms with Crippen molar-refractivity contribution in [2.75, 3.05) is 0 Å². The maximum Gasteiger partial charge on any atom is 0.317 e. The Morgan fingerprint density at radius 2 is 1.77 bits per heavy atom. The molecule has 0 aliphatic carbocycles. The average Bonchev–Trinajstić information content (AvgIpc) is 2.65. The lowest BCUT2D eigenvalue weighted by atomic mass is 9.98. The summed E-state index contributed by atoms with van der Waals surface area (Å²) in [5.41, 5.74) is 1.37. The molecule has 3 rings (SSSR count). The maximum atomic E-state index is 12.5. The molecule has 0 aliphatic heterocycles. The molecular formula is C21H22N2O3. The molecule has 0 radical (unpaired) electrons. The van der Waals surface area contributed by atoms with Gasteiger partial charge in [-0.3, -0.25) is 9.59 Å². The van der Waals surface area contributed by atoms with Crippen molar-refractivity contribution in [3.8, 4) is 5.75 Å². The zero-order valence-corrected chi connectivity index (χ0v) is 15.2. The summed E-state index contributed by atoms with van der Waals surface area (Å²) in [6.45, 7) is 4.21. The number of aromatic nitrogens is 2. The van der Waals surface area contributed by atoms with Crippen LogP contribution in [0.4, 0.5) is 0 Å². The van der Waals surface area contributed by atoms with Crippen LogP contribution >= 0.6 is 0 Å². The molecule has 0 fully saturated rings. The van der Waals surface area contributed by atoms with Gasteiger partial charge >= 0.3 is 5.97 Å². The van der Waals surface area contributed by atoms with Crippen LogP contribution < -0.4 is 10.3 Å². The predicted molar refractivity (Wildman–Crippen MR) is 101 cm³/mol. The molecule has 0 spiro atoms. The zero-order valence-electron chi connectivity index (χ0n) is 15.2. The van der Waals surface area contributed by atoms with Crippen molar-refractivity contribution in [3.63, 3.8) is 0 Å². The van der Waals surface area contributed by atoms with Gasteiger partial charge in [0.2, 0.25) is 0 Å². The van der Waals surface area contributed by atoms with E-state index in [-0.39, 0.29) is 12.0 Å². The summed E-state index contributed by atoms with van der Waals surface area (Å²) in [5.74, 6) is 0.494. The molecule has 0 amide bonds. The highest BCUT2D eigenvalue weighted by atomic mass is 16.5. The Labute approximate surface area is 152 Å². The number of nitrogens with zero attached hydrogens (tertiary/aromatic N) is 2. The maximum absolute atomic E-state index is 12.5. The number of hydrogen-bond acceptors (Lipinski definition) is 4. The van der Waals surface area contributed by atoms with Crippen molar-refractivity contribution in [2.45, 2.75) is 32.6 Å². The number of hydrogen-bond donors (Lipinski definition) is 0. The van der Waals surface area contributed by atoms with Gasteiger partial charge in [-0.1, -0.05) is 50.2 Å². The highest BCUT2D eigenvalue weighted by Crippen LogP contribution is 2.28. The average molecular weight is 350 g/mol. The van der Waals surface area contributed by atoms with Gasteiger partial charge in [-0.15, -0.1) is 0 Å². The lowest BCUT2D eigenvalue weighted by Gasteiger charge is -2.14. The lowest BCUT2D eigenvalue weighted by molar-refractivity contribution is -0.133. The zero-order chi connectivity index (χ0) is 18.7. The molecule has 5 heteroatoms. The first-order chi connectivity index (χ1) is 12.5. The predicted octanol–water partition coefficient (Wildman–Crippen LogP) is 3.60. The number of carbonyl (C=O) groups excluding carboxylic acids is 1. The van der Waals surface area contributed by atoms with Crippen molar-refractivity contribution in [1.82, 2.24) is 9.78 Å². The summed E-state index contributed by atoms with van der Waals surface area (Å²) in [5, 5.41) is 5.49. The lowest BCUT2D eigenvalue weighted by Crippen LogP contribution is -2.23. The van der Waals surface area contributed by atoms with Crippen LogP contribution in [0.25, 0.3) is 10.8 Å². The first-order valence-corrected chi connectivity index (χ1v) is 8.75. The molecule has 1 heterocycles. The van der Waals surface area contributed by atoms with E-state index in [2.05, 4.69) is 18.9 Å². The first-order valence-electron chi connectivity index (χ1n) is 8.75. The molecule has 5 nitrogen and oxygen atoms in total. The number of fused-ring (bicyclic) bond motifs is 1. The van der Waals surface area contributed by atoms with E-state index >= 15 is 0 Å². The van der Waals surface area contributed by atoms with E-state index in [1.165, 1.54) is 4.68 Å². The van der Waals surface area contributed by atoms with Gasteiger partial charge in [-0.25, -0.2) is 4.68 Å². The normalized spacial score (nSPS) is 12.1. The largest absolute Gasteiger partial charge is 0.426 e. The van der Waals surface area contributed by atoms with Gasteiger partial charge in [0.25, 0.3) is 5.56 Å². The smallest absolute Gasteiger partial charge is 0.317 e. The van der Waals surface area contributed by atoms with Crippen LogP contribution in [-0.2, 0) is 18.3 Å². The second-order valence-corrected chi connectivity index (χ2v) is 6.42. The van der Waals surface area contributed by atoms with Crippen LogP contribution in [0.5, 0.6) is 5.75 Å². The Morgan fingerprint density at radius 3 is 2.50 bits per heavy atom. The van der Waals surface area contributed by atoms with E-state index < -0.39 is 5.97 Å². The van der Waals surface area contributed by atoms with Gasteiger partial charge in [0, 0.05) is 12.4 Å². The third-order valence-electron chi connectivity index (χ3n) is 4.63. The van der Waals surface area contributed by atoms with Crippen molar-refractivity contribution < 1.29 is 9.53 Å². The Bertz CT molecular complexity index is 1010. The number of benzene rings is 2. The minimum absolute atomic E-state index is 0.00345. The Hall–Kier alpha value is -2.95. The van der Waals surface area contributed by atoms with Gasteiger partial charge in [0.05, 0.1) is 17.5 Å². The molecule has 26 heavy (non-hydrogen) atoms. The van der Waals surface area contributed by atoms with Gasteiger partial charge < -0.3 is 4.74 Å². The number of esters is 1. The molecule has 0 bridgehead atoms. The molecule has 1 unspecified atom stereocenters. The van der Waals surface area contributed by atoms with Crippen LogP contribution in [0.2, 0.25) is 0 Å². The van der Waals surface area contributed by atoms with E-state index in [9.17, 15) is 9.59 Å². The molecule has 0 aliphatic rings. The summed E-state index contributed by atoms with van der Waals surface area (Å²) >= 11 is 0. The first kappa shape index (κ1) is 17.9. The van der Waals surface area contributed by atoms with E-state index in [1.54, 1.807) is 25.2 Å². The van der Waals surface area contributed by atoms with E-state index in [0.717, 1.165) is 12.0 Å². The number of para-hydroxylation sites is 1. The molecule has 0 saturated heterocycles. The molecule has 2 aromatic carbocycles. The molecule has 1 atom stereocenters. The molecule has 3 aromatic rings. The number of carbonyl (C=O) groups is 1. The fraction of sp³-hybridized carbons (Fsp3) is 0.286. The Morgan fingerprint density at radius 1 is 1.12 bits per heavy atom. The molecular weight excluding hydrogens is 328 g/mol. The molecule has 134 valence electrons. The highest BCUT2D eigenvalue weighted by molar-refractivity contribution is 5.87. The van der Waals surface area contributed by atoms with Gasteiger partial charge in [-0.2, -0.15) is 5.10 Å². The molecule has 1 aromatic heterocycles. The SMILES string of the molecule is CCC(C)c1ccccc1OC(=O)Cc1nn(C)c(=O)c2ccccc12. The highest BCUT2D eigenvalue weighted by Gasteiger charge is 2.16. The van der Waals surface area contributed by atoms with Crippen molar-refractivity contribution in [1.29, 1.82) is 0 Å². The third kappa shape index (κ3) is 3.52. The van der Waals surface area contributed by atoms with Crippen LogP contribution in [0.3, 0.4) is 0 Å². The minimum atomic E-state index is -0.392. The Kier molecular flexibility index (Phi) is 5.16. The van der Waals surface area contributed by atoms with Crippen molar-refractivity contribution >= 4 is 16.7 Å². The summed E-state index contributed by atoms with van der Waals surface area (Å²) in [6, 6.07) is 14.8. The fourth-order valence-electron chi connectivity index (χ4n) is 3.00. The second kappa shape index (κ2) is 7.52. The van der Waals surface area contributed by atoms with Crippen LogP contribution in [0.1, 0.15) is 37.4 Å². The molecule has 0 N–H and O–H groups in total. The van der Waals surface area contributed by atoms with E-state index in [0.29, 0.717) is 28.1 Å². The van der Waals surface area contributed by atoms with Crippen molar-refractivity contribution in [2.24, 2.45) is 7.05 Å². The van der Waals surface area contributed by atoms with Gasteiger partial charge in [-0.05, 0) is 30.0 Å². The van der Waals surface area contributed by atoms with Gasteiger partial charge in [0.15, 0.2) is 0 Å². The monoisotopic (exact) mass is 350 g/mol. The molecule has 0 saturated carbocycles. The summed E-state index contributed by atoms with van der Waals surface area (Å²) < 4.78 is 6.89. The third-order valence-corrected chi connectivity index (χ3v) is 4.63. The van der Waals surface area contributed by atoms with Crippen LogP contribution in [0.15, 0.2) is 53.3 Å². The van der Waals surface area contributed by atoms with Crippen LogP contribution in [-0.4, -0.2) is 15.7 Å². The standard InChI is InChI=1S/C21H22N2O3/c1-4-14(2)15-9-7-8-12-19(15)26-20(24)13-18-16-10-5-6-11-17(16)21(25)23(3)22-18/h5-12,14H,4,13H2,1-3H3. The number of aryl methyl sites for hydroxylation is 1. The summed E-state index contributed by atoms with van der Waals surface area (Å²) in [4.78, 5) is 24.7. The Balaban J connectivity index is 1.90. The van der Waals surface area contributed by atoms with Crippen LogP contribution in [0, 0.1) is 0 Å². The quantitative estimate of drug-likeness (QED) is 0.521. The van der Waals surface area contributed by atoms with E-state index in [1.807, 2.05) is 30.3 Å². The van der Waals surface area contributed by atoms with E-state index in [4.69, 9.17) is 4.74 Å². The topological polar surface area (TPSA) is 61.2 Å². The second-order valence-electron chi connectivity index (χ2n) is 6.42. The fourth-order valence-corrected chi connectivity index (χ4v) is 3.00. The minimum Gasteiger partial charge on any atom is -0.426 e. The number of ether oxygens (including phenoxy) is 1. The van der Waals surface area contributed by atoms with Crippen molar-refractivity contribution in [3.05, 3.63) is 70.1 Å². The summed E-state index contributed by atoms with van der Waals surface area (Å²) in [7, 11) is 1.59. The summed E-state index contributed by atoms with van der Waals surface area (Å²) in [6.07, 6.45) is 0.963. The van der Waals surface area contributed by atoms with Gasteiger partial charge in [0.1, 0.15) is 5.75 Å².